The van der Waals surface area contributed by atoms with Gasteiger partial charge in [-0.1, -0.05) is 12.2 Å². The van der Waals surface area contributed by atoms with Crippen molar-refractivity contribution in [3.63, 3.8) is 0 Å². The predicted molar refractivity (Wildman–Crippen MR) is 66.9 cm³/mol. The van der Waals surface area contributed by atoms with Gasteiger partial charge in [0.05, 0.1) is 16.9 Å². The number of allylic oxidation sites excluding steroid dienone is 1. The van der Waals surface area contributed by atoms with Crippen LogP contribution in [-0.2, 0) is 0 Å². The number of hydrogen-bond donors (Lipinski definition) is 0. The van der Waals surface area contributed by atoms with E-state index in [1.807, 2.05) is 6.08 Å². The molecule has 0 saturated heterocycles. The number of hydrogen-bond acceptors (Lipinski definition) is 7. The molecule has 2 bridgehead atoms. The third-order valence-corrected chi connectivity index (χ3v) is 4.74. The first-order valence-electron chi connectivity index (χ1n) is 6.54. The summed E-state index contributed by atoms with van der Waals surface area (Å²) < 4.78 is 1.27. The zero-order valence-corrected chi connectivity index (χ0v) is 10.7. The summed E-state index contributed by atoms with van der Waals surface area (Å²) in [5, 5.41) is 34.0. The molecule has 10 heteroatoms. The zero-order chi connectivity index (χ0) is 14.8. The Bertz CT molecular complexity index is 724. The maximum absolute atomic E-state index is 11.8. The average Bonchev–Trinajstić information content (AvgIpc) is 2.96. The molecule has 21 heavy (non-hydrogen) atoms. The van der Waals surface area contributed by atoms with Crippen LogP contribution in [0.4, 0.5) is 0 Å². The van der Waals surface area contributed by atoms with E-state index in [0.717, 1.165) is 12.5 Å². The fraction of sp³-hybridized carbons (Fsp3) is 0.545. The van der Waals surface area contributed by atoms with Crippen molar-refractivity contribution in [2.75, 3.05) is 0 Å². The molecule has 1 saturated carbocycles. The summed E-state index contributed by atoms with van der Waals surface area (Å²) in [6.07, 6.45) is 6.33. The molecule has 0 amide bonds. The first-order valence-corrected chi connectivity index (χ1v) is 6.54. The van der Waals surface area contributed by atoms with Crippen LogP contribution >= 0.6 is 0 Å². The molecule has 1 fully saturated rings. The molecule has 4 aliphatic rings. The Morgan fingerprint density at radius 2 is 2.10 bits per heavy atom. The van der Waals surface area contributed by atoms with Gasteiger partial charge in [0.25, 0.3) is 11.4 Å². The van der Waals surface area contributed by atoms with Gasteiger partial charge in [-0.05, 0) is 23.3 Å². The van der Waals surface area contributed by atoms with Crippen LogP contribution in [0.2, 0.25) is 0 Å². The lowest BCUT2D eigenvalue weighted by atomic mass is 9.60. The first-order chi connectivity index (χ1) is 10.1. The van der Waals surface area contributed by atoms with Gasteiger partial charge in [-0.15, -0.1) is 5.10 Å². The van der Waals surface area contributed by atoms with E-state index in [1.165, 1.54) is 4.68 Å². The molecule has 2 heterocycles. The second kappa shape index (κ2) is 3.71. The van der Waals surface area contributed by atoms with Gasteiger partial charge in [0, 0.05) is 10.8 Å². The highest BCUT2D eigenvalue weighted by Crippen LogP contribution is 2.54. The topological polar surface area (TPSA) is 130 Å². The molecule has 5 rings (SSSR count). The van der Waals surface area contributed by atoms with Gasteiger partial charge in [0.15, 0.2) is 0 Å². The van der Waals surface area contributed by atoms with Crippen molar-refractivity contribution in [2.24, 2.45) is 11.8 Å². The summed E-state index contributed by atoms with van der Waals surface area (Å²) in [6, 6.07) is -0.607. The van der Waals surface area contributed by atoms with Crippen molar-refractivity contribution in [1.82, 2.24) is 20.2 Å². The lowest BCUT2D eigenvalue weighted by molar-refractivity contribution is -0.579. The van der Waals surface area contributed by atoms with Gasteiger partial charge in [0.2, 0.25) is 0 Å². The summed E-state index contributed by atoms with van der Waals surface area (Å²) in [5.41, 5.74) is -1.93. The van der Waals surface area contributed by atoms with E-state index in [9.17, 15) is 20.2 Å². The van der Waals surface area contributed by atoms with Gasteiger partial charge < -0.3 is 0 Å². The number of aromatic nitrogens is 4. The fourth-order valence-electron chi connectivity index (χ4n) is 3.89. The van der Waals surface area contributed by atoms with Crippen LogP contribution in [0.1, 0.15) is 24.7 Å². The highest BCUT2D eigenvalue weighted by atomic mass is 16.6. The Morgan fingerprint density at radius 1 is 1.29 bits per heavy atom. The number of rotatable bonds is 2. The Balaban J connectivity index is 2.04. The predicted octanol–water partition coefficient (Wildman–Crippen LogP) is 0.457. The molecule has 108 valence electrons. The van der Waals surface area contributed by atoms with E-state index in [4.69, 9.17) is 0 Å². The standard InChI is InChI=1S/C11H10N6O4/c18-16(19)8-5-11(17(20)21)7-3-1-6(2-4-7)9(11)15-10(8)12-13-14-15/h1,3,5-7,9H,2,4H2/t6-,7+,9+,11+/m1/s1. The van der Waals surface area contributed by atoms with Crippen LogP contribution < -0.4 is 0 Å². The molecule has 0 radical (unpaired) electrons. The minimum atomic E-state index is -1.54. The van der Waals surface area contributed by atoms with Crippen LogP contribution in [-0.4, -0.2) is 35.6 Å². The van der Waals surface area contributed by atoms with E-state index < -0.39 is 27.1 Å². The normalized spacial score (nSPS) is 35.8. The Kier molecular flexibility index (Phi) is 2.14. The molecule has 1 aliphatic heterocycles. The molecule has 1 aromatic rings. The fourth-order valence-corrected chi connectivity index (χ4v) is 3.89. The molecule has 4 atom stereocenters. The summed E-state index contributed by atoms with van der Waals surface area (Å²) in [6.45, 7) is 0. The molecule has 0 N–H and O–H groups in total. The summed E-state index contributed by atoms with van der Waals surface area (Å²) in [7, 11) is 0. The SMILES string of the molecule is O=[N+]([O-])C1=C[C@@]2([N+](=O)[O-])[C@H]([C@@H]3C=C[C@H]2CC3)n2nnnc21. The van der Waals surface area contributed by atoms with E-state index in [-0.39, 0.29) is 17.7 Å². The van der Waals surface area contributed by atoms with Crippen LogP contribution in [0.25, 0.3) is 5.70 Å². The van der Waals surface area contributed by atoms with E-state index >= 15 is 0 Å². The Labute approximate surface area is 117 Å². The minimum Gasteiger partial charge on any atom is -0.264 e. The summed E-state index contributed by atoms with van der Waals surface area (Å²) in [4.78, 5) is 22.0. The highest BCUT2D eigenvalue weighted by Gasteiger charge is 2.66. The van der Waals surface area contributed by atoms with E-state index in [1.54, 1.807) is 6.08 Å². The van der Waals surface area contributed by atoms with Crippen molar-refractivity contribution in [3.8, 4) is 0 Å². The molecule has 0 spiro atoms. The van der Waals surface area contributed by atoms with Crippen molar-refractivity contribution in [1.29, 1.82) is 0 Å². The van der Waals surface area contributed by atoms with Crippen LogP contribution in [0, 0.1) is 32.1 Å². The summed E-state index contributed by atoms with van der Waals surface area (Å²) in [5.74, 6) is -0.481. The van der Waals surface area contributed by atoms with Gasteiger partial charge in [-0.2, -0.15) is 0 Å². The van der Waals surface area contributed by atoms with Gasteiger partial charge in [0.1, 0.15) is 6.04 Å². The number of nitro groups is 2. The molecule has 1 aromatic heterocycles. The van der Waals surface area contributed by atoms with Crippen molar-refractivity contribution in [3.05, 3.63) is 44.3 Å². The smallest absolute Gasteiger partial charge is 0.264 e. The number of tetrazole rings is 1. The third kappa shape index (κ3) is 1.29. The van der Waals surface area contributed by atoms with Crippen LogP contribution in [0.3, 0.4) is 0 Å². The van der Waals surface area contributed by atoms with Crippen molar-refractivity contribution >= 4 is 5.70 Å². The zero-order valence-electron chi connectivity index (χ0n) is 10.7. The molecule has 10 nitrogen and oxygen atoms in total. The lowest BCUT2D eigenvalue weighted by Gasteiger charge is -2.47. The average molecular weight is 290 g/mol. The number of fused-ring (bicyclic) bond motifs is 2. The van der Waals surface area contributed by atoms with Gasteiger partial charge in [-0.3, -0.25) is 20.2 Å². The van der Waals surface area contributed by atoms with Crippen LogP contribution in [0.15, 0.2) is 18.2 Å². The van der Waals surface area contributed by atoms with Crippen molar-refractivity contribution < 1.29 is 9.85 Å². The first kappa shape index (κ1) is 12.1. The van der Waals surface area contributed by atoms with Crippen molar-refractivity contribution in [2.45, 2.75) is 24.4 Å². The lowest BCUT2D eigenvalue weighted by Crippen LogP contribution is -2.59. The van der Waals surface area contributed by atoms with Crippen LogP contribution in [0.5, 0.6) is 0 Å². The summed E-state index contributed by atoms with van der Waals surface area (Å²) >= 11 is 0. The monoisotopic (exact) mass is 290 g/mol. The van der Waals surface area contributed by atoms with E-state index in [0.29, 0.717) is 6.42 Å². The maximum atomic E-state index is 11.8. The van der Waals surface area contributed by atoms with Gasteiger partial charge in [-0.25, -0.2) is 4.68 Å². The quantitative estimate of drug-likeness (QED) is 0.439. The third-order valence-electron chi connectivity index (χ3n) is 4.74. The highest BCUT2D eigenvalue weighted by molar-refractivity contribution is 5.56. The maximum Gasteiger partial charge on any atom is 0.318 e. The molecular weight excluding hydrogens is 280 g/mol. The Hall–Kier alpha value is -2.65. The Morgan fingerprint density at radius 3 is 2.71 bits per heavy atom. The second-order valence-corrected chi connectivity index (χ2v) is 5.56. The molecular formula is C11H10N6O4. The van der Waals surface area contributed by atoms with Gasteiger partial charge >= 0.3 is 5.70 Å². The minimum absolute atomic E-state index is 0.0107. The van der Waals surface area contributed by atoms with E-state index in [2.05, 4.69) is 15.5 Å². The molecule has 3 aliphatic carbocycles. The second-order valence-electron chi connectivity index (χ2n) is 5.56. The molecule has 0 aromatic carbocycles. The number of nitrogens with zero attached hydrogens (tertiary/aromatic N) is 6. The largest absolute Gasteiger partial charge is 0.318 e. The molecule has 0 unspecified atom stereocenters.